The summed E-state index contributed by atoms with van der Waals surface area (Å²) in [7, 11) is 0. The van der Waals surface area contributed by atoms with Gasteiger partial charge >= 0.3 is 0 Å². The minimum atomic E-state index is 0.110. The van der Waals surface area contributed by atoms with Crippen molar-refractivity contribution in [2.24, 2.45) is 0 Å². The lowest BCUT2D eigenvalue weighted by Gasteiger charge is -2.11. The fourth-order valence-electron chi connectivity index (χ4n) is 2.42. The van der Waals surface area contributed by atoms with Gasteiger partial charge in [0.2, 0.25) is 0 Å². The van der Waals surface area contributed by atoms with E-state index in [1.165, 1.54) is 16.7 Å². The van der Waals surface area contributed by atoms with Crippen molar-refractivity contribution in [1.29, 1.82) is 0 Å². The van der Waals surface area contributed by atoms with Crippen LogP contribution >= 0.6 is 34.2 Å². The molecule has 0 spiro atoms. The monoisotopic (exact) mass is 398 g/mol. The first-order valence-electron chi connectivity index (χ1n) is 6.43. The van der Waals surface area contributed by atoms with Gasteiger partial charge in [-0.1, -0.05) is 35.4 Å². The number of carbonyl (C=O) groups is 1. The van der Waals surface area contributed by atoms with Crippen LogP contribution in [0.5, 0.6) is 0 Å². The van der Waals surface area contributed by atoms with E-state index >= 15 is 0 Å². The van der Waals surface area contributed by atoms with E-state index in [1.54, 1.807) is 6.07 Å². The third-order valence-corrected chi connectivity index (χ3v) is 4.99. The van der Waals surface area contributed by atoms with E-state index in [2.05, 4.69) is 55.5 Å². The molecule has 0 unspecified atom stereocenters. The number of halogens is 2. The number of ketones is 1. The van der Waals surface area contributed by atoms with Crippen molar-refractivity contribution in [1.82, 2.24) is 0 Å². The van der Waals surface area contributed by atoms with E-state index < -0.39 is 0 Å². The first-order valence-corrected chi connectivity index (χ1v) is 7.89. The van der Waals surface area contributed by atoms with Gasteiger partial charge in [0, 0.05) is 15.6 Å². The minimum Gasteiger partial charge on any atom is -0.294 e. The van der Waals surface area contributed by atoms with Gasteiger partial charge < -0.3 is 0 Å². The molecule has 0 aliphatic rings. The largest absolute Gasteiger partial charge is 0.294 e. The number of Topliss-reactive ketones (excluding diaryl/α,β-unsaturated/α-hetero) is 1. The van der Waals surface area contributed by atoms with Crippen LogP contribution in [-0.2, 0) is 6.42 Å². The highest BCUT2D eigenvalue weighted by Crippen LogP contribution is 2.22. The Morgan fingerprint density at radius 1 is 1.10 bits per heavy atom. The zero-order valence-corrected chi connectivity index (χ0v) is 14.7. The molecular formula is C17H16ClIO. The molecule has 0 amide bonds. The van der Waals surface area contributed by atoms with E-state index in [9.17, 15) is 4.79 Å². The molecule has 0 bridgehead atoms. The second kappa shape index (κ2) is 6.27. The summed E-state index contributed by atoms with van der Waals surface area (Å²) >= 11 is 8.24. The Balaban J connectivity index is 2.30. The van der Waals surface area contributed by atoms with Crippen molar-refractivity contribution in [2.45, 2.75) is 27.2 Å². The number of hydrogen-bond acceptors (Lipinski definition) is 1. The highest BCUT2D eigenvalue weighted by atomic mass is 127. The van der Waals surface area contributed by atoms with Crippen molar-refractivity contribution >= 4 is 40.0 Å². The Kier molecular flexibility index (Phi) is 4.86. The number of rotatable bonds is 3. The maximum atomic E-state index is 12.4. The van der Waals surface area contributed by atoms with Crippen molar-refractivity contribution < 1.29 is 4.79 Å². The zero-order chi connectivity index (χ0) is 14.9. The Hall–Kier alpha value is -0.870. The lowest BCUT2D eigenvalue weighted by molar-refractivity contribution is 0.0992. The molecule has 3 heteroatoms. The molecular weight excluding hydrogens is 383 g/mol. The predicted molar refractivity (Wildman–Crippen MR) is 92.9 cm³/mol. The van der Waals surface area contributed by atoms with Gasteiger partial charge in [0.15, 0.2) is 5.78 Å². The molecule has 0 aliphatic heterocycles. The topological polar surface area (TPSA) is 17.1 Å². The van der Waals surface area contributed by atoms with E-state index in [0.29, 0.717) is 17.0 Å². The molecule has 0 heterocycles. The lowest BCUT2D eigenvalue weighted by atomic mass is 9.94. The van der Waals surface area contributed by atoms with E-state index in [-0.39, 0.29) is 5.78 Å². The van der Waals surface area contributed by atoms with Crippen LogP contribution in [0.1, 0.15) is 32.6 Å². The van der Waals surface area contributed by atoms with Crippen molar-refractivity contribution in [3.05, 3.63) is 66.7 Å². The molecule has 2 rings (SSSR count). The molecule has 0 atom stereocenters. The van der Waals surface area contributed by atoms with Crippen LogP contribution in [0.25, 0.3) is 0 Å². The summed E-state index contributed by atoms with van der Waals surface area (Å²) in [6.07, 6.45) is 0.425. The van der Waals surface area contributed by atoms with Crippen LogP contribution in [-0.4, -0.2) is 5.78 Å². The van der Waals surface area contributed by atoms with Gasteiger partial charge in [-0.3, -0.25) is 4.79 Å². The van der Waals surface area contributed by atoms with Crippen LogP contribution in [0.3, 0.4) is 0 Å². The van der Waals surface area contributed by atoms with Gasteiger partial charge in [-0.25, -0.2) is 0 Å². The fourth-order valence-corrected chi connectivity index (χ4v) is 2.94. The fraction of sp³-hybridized carbons (Fsp3) is 0.235. The molecule has 0 aromatic heterocycles. The van der Waals surface area contributed by atoms with Gasteiger partial charge in [-0.05, 0) is 72.2 Å². The van der Waals surface area contributed by atoms with Gasteiger partial charge in [-0.15, -0.1) is 0 Å². The van der Waals surface area contributed by atoms with Crippen LogP contribution in [0.2, 0.25) is 5.02 Å². The molecule has 0 aliphatic carbocycles. The Morgan fingerprint density at radius 2 is 1.70 bits per heavy atom. The average molecular weight is 399 g/mol. The first-order chi connectivity index (χ1) is 9.38. The summed E-state index contributed by atoms with van der Waals surface area (Å²) in [5, 5.41) is 0.633. The summed E-state index contributed by atoms with van der Waals surface area (Å²) in [5.74, 6) is 0.110. The number of carbonyl (C=O) groups excluding carboxylic acids is 1. The summed E-state index contributed by atoms with van der Waals surface area (Å²) in [6, 6.07) is 9.72. The molecule has 2 aromatic rings. The third kappa shape index (κ3) is 3.41. The molecule has 1 nitrogen and oxygen atoms in total. The maximum Gasteiger partial charge on any atom is 0.167 e. The van der Waals surface area contributed by atoms with Crippen molar-refractivity contribution in [2.75, 3.05) is 0 Å². The smallest absolute Gasteiger partial charge is 0.167 e. The molecule has 20 heavy (non-hydrogen) atoms. The molecule has 0 fully saturated rings. The van der Waals surface area contributed by atoms with Crippen LogP contribution in [0.15, 0.2) is 30.3 Å². The standard InChI is InChI=1S/C17H16ClIO/c1-10-6-11(2)14(12(3)7-10)9-17(20)13-4-5-16(19)15(18)8-13/h4-8H,9H2,1-3H3. The normalized spacial score (nSPS) is 10.7. The molecule has 0 saturated carbocycles. The van der Waals surface area contributed by atoms with Gasteiger partial charge in [0.25, 0.3) is 0 Å². The SMILES string of the molecule is Cc1cc(C)c(CC(=O)c2ccc(I)c(Cl)c2)c(C)c1. The minimum absolute atomic E-state index is 0.110. The first kappa shape index (κ1) is 15.5. The molecule has 2 aromatic carbocycles. The zero-order valence-electron chi connectivity index (χ0n) is 11.8. The van der Waals surface area contributed by atoms with Crippen LogP contribution in [0, 0.1) is 24.3 Å². The quantitative estimate of drug-likeness (QED) is 0.507. The molecule has 104 valence electrons. The van der Waals surface area contributed by atoms with Gasteiger partial charge in [-0.2, -0.15) is 0 Å². The number of hydrogen-bond donors (Lipinski definition) is 0. The summed E-state index contributed by atoms with van der Waals surface area (Å²) in [4.78, 5) is 12.4. The Labute approximate surface area is 138 Å². The highest BCUT2D eigenvalue weighted by Gasteiger charge is 2.12. The number of aryl methyl sites for hydroxylation is 3. The molecule has 0 radical (unpaired) electrons. The van der Waals surface area contributed by atoms with Gasteiger partial charge in [0.05, 0.1) is 5.02 Å². The summed E-state index contributed by atoms with van der Waals surface area (Å²) in [6.45, 7) is 6.19. The van der Waals surface area contributed by atoms with E-state index in [1.807, 2.05) is 12.1 Å². The number of benzene rings is 2. The second-order valence-electron chi connectivity index (χ2n) is 5.11. The second-order valence-corrected chi connectivity index (χ2v) is 6.68. The summed E-state index contributed by atoms with van der Waals surface area (Å²) in [5.41, 5.74) is 5.37. The Bertz CT molecular complexity index is 654. The van der Waals surface area contributed by atoms with E-state index in [4.69, 9.17) is 11.6 Å². The lowest BCUT2D eigenvalue weighted by Crippen LogP contribution is -2.07. The van der Waals surface area contributed by atoms with Crippen LogP contribution in [0.4, 0.5) is 0 Å². The van der Waals surface area contributed by atoms with Crippen LogP contribution < -0.4 is 0 Å². The third-order valence-electron chi connectivity index (χ3n) is 3.42. The average Bonchev–Trinajstić information content (AvgIpc) is 2.36. The van der Waals surface area contributed by atoms with Crippen molar-refractivity contribution in [3.8, 4) is 0 Å². The Morgan fingerprint density at radius 3 is 2.25 bits per heavy atom. The van der Waals surface area contributed by atoms with Gasteiger partial charge in [0.1, 0.15) is 0 Å². The van der Waals surface area contributed by atoms with Crippen molar-refractivity contribution in [3.63, 3.8) is 0 Å². The summed E-state index contributed by atoms with van der Waals surface area (Å²) < 4.78 is 0.962. The maximum absolute atomic E-state index is 12.4. The molecule has 0 saturated heterocycles. The molecule has 0 N–H and O–H groups in total. The highest BCUT2D eigenvalue weighted by molar-refractivity contribution is 14.1. The predicted octanol–water partition coefficient (Wildman–Crippen LogP) is 5.30. The van der Waals surface area contributed by atoms with E-state index in [0.717, 1.165) is 9.13 Å².